The third-order valence-electron chi connectivity index (χ3n) is 3.18. The predicted octanol–water partition coefficient (Wildman–Crippen LogP) is 3.72. The van der Waals surface area contributed by atoms with E-state index >= 15 is 0 Å². The van der Waals surface area contributed by atoms with Gasteiger partial charge in [-0.1, -0.05) is 49.8 Å². The molecule has 0 saturated heterocycles. The summed E-state index contributed by atoms with van der Waals surface area (Å²) in [6, 6.07) is 7.49. The summed E-state index contributed by atoms with van der Waals surface area (Å²) >= 11 is 1.36. The molecule has 8 heteroatoms. The number of hydrogen-bond acceptors (Lipinski definition) is 8. The number of ether oxygens (including phenoxy) is 1. The molecule has 0 amide bonds. The van der Waals surface area contributed by atoms with Gasteiger partial charge in [0.05, 0.1) is 18.4 Å². The average Bonchev–Trinajstić information content (AvgIpc) is 3.21. The fraction of sp³-hybridized carbons (Fsp3) is 0.375. The molecule has 0 saturated carbocycles. The van der Waals surface area contributed by atoms with Gasteiger partial charge < -0.3 is 13.7 Å². The number of para-hydroxylation sites is 1. The van der Waals surface area contributed by atoms with Crippen LogP contribution in [0.4, 0.5) is 0 Å². The van der Waals surface area contributed by atoms with Crippen LogP contribution in [0.3, 0.4) is 0 Å². The van der Waals surface area contributed by atoms with Crippen molar-refractivity contribution < 1.29 is 13.7 Å². The SMILES string of the molecule is COc1ccccc1-c1nnc(SCc2noc(C(C)(C)C)n2)o1. The molecule has 0 aliphatic carbocycles. The Morgan fingerprint density at radius 2 is 1.96 bits per heavy atom. The summed E-state index contributed by atoms with van der Waals surface area (Å²) in [6.45, 7) is 6.07. The Kier molecular flexibility index (Phi) is 4.57. The molecule has 0 spiro atoms. The Labute approximate surface area is 143 Å². The first kappa shape index (κ1) is 16.5. The fourth-order valence-corrected chi connectivity index (χ4v) is 2.55. The van der Waals surface area contributed by atoms with Gasteiger partial charge >= 0.3 is 0 Å². The summed E-state index contributed by atoms with van der Waals surface area (Å²) < 4.78 is 16.3. The summed E-state index contributed by atoms with van der Waals surface area (Å²) in [5, 5.41) is 12.5. The molecule has 0 N–H and O–H groups in total. The first-order chi connectivity index (χ1) is 11.5. The summed E-state index contributed by atoms with van der Waals surface area (Å²) in [4.78, 5) is 4.38. The Morgan fingerprint density at radius 3 is 2.67 bits per heavy atom. The second-order valence-electron chi connectivity index (χ2n) is 6.13. The molecule has 7 nitrogen and oxygen atoms in total. The molecule has 1 aromatic carbocycles. The largest absolute Gasteiger partial charge is 0.496 e. The van der Waals surface area contributed by atoms with E-state index in [2.05, 4.69) is 20.3 Å². The standard InChI is InChI=1S/C16H18N4O3S/c1-16(2,3)14-17-12(20-23-14)9-24-15-19-18-13(22-15)10-7-5-6-8-11(10)21-4/h5-8H,9H2,1-4H3. The van der Waals surface area contributed by atoms with Crippen molar-refractivity contribution in [2.75, 3.05) is 7.11 Å². The normalized spacial score (nSPS) is 11.7. The molecule has 24 heavy (non-hydrogen) atoms. The highest BCUT2D eigenvalue weighted by molar-refractivity contribution is 7.98. The van der Waals surface area contributed by atoms with Crippen LogP contribution < -0.4 is 4.74 Å². The zero-order chi connectivity index (χ0) is 17.2. The predicted molar refractivity (Wildman–Crippen MR) is 88.8 cm³/mol. The van der Waals surface area contributed by atoms with Crippen LogP contribution in [-0.4, -0.2) is 27.4 Å². The lowest BCUT2D eigenvalue weighted by Crippen LogP contribution is -2.11. The van der Waals surface area contributed by atoms with E-state index in [1.54, 1.807) is 7.11 Å². The number of methoxy groups -OCH3 is 1. The van der Waals surface area contributed by atoms with E-state index in [4.69, 9.17) is 13.7 Å². The van der Waals surface area contributed by atoms with Crippen LogP contribution >= 0.6 is 11.8 Å². The summed E-state index contributed by atoms with van der Waals surface area (Å²) in [5.74, 6) is 2.80. The van der Waals surface area contributed by atoms with Crippen molar-refractivity contribution in [3.05, 3.63) is 36.0 Å². The fourth-order valence-electron chi connectivity index (χ4n) is 1.94. The van der Waals surface area contributed by atoms with E-state index < -0.39 is 0 Å². The van der Waals surface area contributed by atoms with E-state index in [9.17, 15) is 0 Å². The Hall–Kier alpha value is -2.35. The van der Waals surface area contributed by atoms with E-state index in [1.807, 2.05) is 45.0 Å². The van der Waals surface area contributed by atoms with Gasteiger partial charge in [-0.15, -0.1) is 10.2 Å². The van der Waals surface area contributed by atoms with Gasteiger partial charge in [-0.3, -0.25) is 0 Å². The number of nitrogens with zero attached hydrogens (tertiary/aromatic N) is 4. The minimum Gasteiger partial charge on any atom is -0.496 e. The lowest BCUT2D eigenvalue weighted by Gasteiger charge is -2.10. The molecule has 2 heterocycles. The number of aromatic nitrogens is 4. The maximum atomic E-state index is 5.68. The topological polar surface area (TPSA) is 87.1 Å². The molecule has 0 fully saturated rings. The number of rotatable bonds is 5. The van der Waals surface area contributed by atoms with Crippen LogP contribution in [0.15, 0.2) is 38.4 Å². The molecule has 3 aromatic rings. The molecular formula is C16H18N4O3S. The van der Waals surface area contributed by atoms with Crippen molar-refractivity contribution in [2.45, 2.75) is 37.2 Å². The minimum absolute atomic E-state index is 0.169. The smallest absolute Gasteiger partial charge is 0.277 e. The second-order valence-corrected chi connectivity index (χ2v) is 7.05. The van der Waals surface area contributed by atoms with Crippen molar-refractivity contribution >= 4 is 11.8 Å². The Morgan fingerprint density at radius 1 is 1.17 bits per heavy atom. The van der Waals surface area contributed by atoms with Crippen LogP contribution in [0.2, 0.25) is 0 Å². The van der Waals surface area contributed by atoms with Crippen LogP contribution in [0.5, 0.6) is 5.75 Å². The molecule has 126 valence electrons. The lowest BCUT2D eigenvalue weighted by molar-refractivity contribution is 0.319. The maximum Gasteiger partial charge on any atom is 0.277 e. The number of thioether (sulfide) groups is 1. The van der Waals surface area contributed by atoms with E-state index in [0.29, 0.717) is 34.3 Å². The van der Waals surface area contributed by atoms with E-state index in [1.165, 1.54) is 11.8 Å². The molecular weight excluding hydrogens is 328 g/mol. The molecule has 3 rings (SSSR count). The Balaban J connectivity index is 1.69. The van der Waals surface area contributed by atoms with Gasteiger partial charge in [0.1, 0.15) is 5.75 Å². The molecule has 0 aliphatic rings. The van der Waals surface area contributed by atoms with Gasteiger partial charge in [0.2, 0.25) is 5.89 Å². The van der Waals surface area contributed by atoms with Gasteiger partial charge in [-0.2, -0.15) is 4.98 Å². The van der Waals surface area contributed by atoms with Crippen molar-refractivity contribution in [3.63, 3.8) is 0 Å². The summed E-state index contributed by atoms with van der Waals surface area (Å²) in [5.41, 5.74) is 0.589. The van der Waals surface area contributed by atoms with Gasteiger partial charge in [0, 0.05) is 5.41 Å². The average molecular weight is 346 g/mol. The zero-order valence-corrected chi connectivity index (χ0v) is 14.8. The monoisotopic (exact) mass is 346 g/mol. The highest BCUT2D eigenvalue weighted by Gasteiger charge is 2.22. The molecule has 0 radical (unpaired) electrons. The van der Waals surface area contributed by atoms with Crippen LogP contribution in [0.25, 0.3) is 11.5 Å². The molecule has 0 aliphatic heterocycles. The van der Waals surface area contributed by atoms with E-state index in [0.717, 1.165) is 5.56 Å². The first-order valence-corrected chi connectivity index (χ1v) is 8.38. The maximum absolute atomic E-state index is 5.68. The highest BCUT2D eigenvalue weighted by atomic mass is 32.2. The summed E-state index contributed by atoms with van der Waals surface area (Å²) in [6.07, 6.45) is 0. The van der Waals surface area contributed by atoms with Crippen LogP contribution in [0, 0.1) is 0 Å². The number of hydrogen-bond donors (Lipinski definition) is 0. The van der Waals surface area contributed by atoms with E-state index in [-0.39, 0.29) is 5.41 Å². The van der Waals surface area contributed by atoms with Gasteiger partial charge in [-0.25, -0.2) is 0 Å². The van der Waals surface area contributed by atoms with Crippen LogP contribution in [0.1, 0.15) is 32.5 Å². The Bertz CT molecular complexity index is 823. The van der Waals surface area contributed by atoms with Crippen LogP contribution in [-0.2, 0) is 11.2 Å². The second kappa shape index (κ2) is 6.64. The first-order valence-electron chi connectivity index (χ1n) is 7.40. The van der Waals surface area contributed by atoms with Crippen molar-refractivity contribution in [1.29, 1.82) is 0 Å². The number of benzene rings is 1. The molecule has 0 bridgehead atoms. The van der Waals surface area contributed by atoms with Crippen molar-refractivity contribution in [2.24, 2.45) is 0 Å². The molecule has 0 unspecified atom stereocenters. The van der Waals surface area contributed by atoms with Gasteiger partial charge in [0.15, 0.2) is 5.82 Å². The lowest BCUT2D eigenvalue weighted by atomic mass is 9.97. The van der Waals surface area contributed by atoms with Gasteiger partial charge in [-0.05, 0) is 12.1 Å². The molecule has 2 aromatic heterocycles. The third kappa shape index (κ3) is 3.59. The van der Waals surface area contributed by atoms with Crippen molar-refractivity contribution in [3.8, 4) is 17.2 Å². The highest BCUT2D eigenvalue weighted by Crippen LogP contribution is 2.31. The van der Waals surface area contributed by atoms with Gasteiger partial charge in [0.25, 0.3) is 11.1 Å². The quantitative estimate of drug-likeness (QED) is 0.646. The van der Waals surface area contributed by atoms with Crippen molar-refractivity contribution in [1.82, 2.24) is 20.3 Å². The third-order valence-corrected chi connectivity index (χ3v) is 3.99. The summed E-state index contributed by atoms with van der Waals surface area (Å²) in [7, 11) is 1.61. The molecule has 0 atom stereocenters. The zero-order valence-electron chi connectivity index (χ0n) is 13.9. The minimum atomic E-state index is -0.169.